The Balaban J connectivity index is 1.93. The Hall–Kier alpha value is -1.14. The first-order chi connectivity index (χ1) is 9.20. The quantitative estimate of drug-likeness (QED) is 0.939. The van der Waals surface area contributed by atoms with E-state index in [4.69, 9.17) is 5.73 Å². The SMILES string of the molecule is CN(c1nc2c(Br)cccn2n1)C1CCCC1CN. The molecule has 2 atom stereocenters. The number of pyridine rings is 1. The number of nitrogens with two attached hydrogens (primary N) is 1. The summed E-state index contributed by atoms with van der Waals surface area (Å²) in [6.07, 6.45) is 5.55. The number of hydrogen-bond donors (Lipinski definition) is 1. The third-order valence-corrected chi connectivity index (χ3v) is 4.66. The second kappa shape index (κ2) is 5.09. The summed E-state index contributed by atoms with van der Waals surface area (Å²) in [5.74, 6) is 1.33. The van der Waals surface area contributed by atoms with Crippen LogP contribution in [0.3, 0.4) is 0 Å². The van der Waals surface area contributed by atoms with Crippen LogP contribution in [0, 0.1) is 5.92 Å². The van der Waals surface area contributed by atoms with Crippen molar-refractivity contribution in [2.24, 2.45) is 11.7 Å². The molecule has 0 aromatic carbocycles. The molecule has 0 spiro atoms. The molecule has 3 rings (SSSR count). The first-order valence-corrected chi connectivity index (χ1v) is 7.44. The Bertz CT molecular complexity index is 581. The van der Waals surface area contributed by atoms with Crippen LogP contribution in [0.25, 0.3) is 5.65 Å². The molecule has 2 unspecified atom stereocenters. The minimum Gasteiger partial charge on any atom is -0.339 e. The van der Waals surface area contributed by atoms with E-state index in [1.54, 1.807) is 0 Å². The highest BCUT2D eigenvalue weighted by Crippen LogP contribution is 2.30. The normalized spacial score (nSPS) is 23.1. The van der Waals surface area contributed by atoms with Crippen LogP contribution >= 0.6 is 15.9 Å². The van der Waals surface area contributed by atoms with Gasteiger partial charge < -0.3 is 10.6 Å². The lowest BCUT2D eigenvalue weighted by atomic mass is 10.0. The highest BCUT2D eigenvalue weighted by Gasteiger charge is 2.31. The number of halogens is 1. The van der Waals surface area contributed by atoms with Crippen molar-refractivity contribution in [2.75, 3.05) is 18.5 Å². The first kappa shape index (κ1) is 12.9. The lowest BCUT2D eigenvalue weighted by molar-refractivity contribution is 0.469. The van der Waals surface area contributed by atoms with Gasteiger partial charge in [-0.1, -0.05) is 6.42 Å². The predicted octanol–water partition coefficient (Wildman–Crippen LogP) is 2.06. The van der Waals surface area contributed by atoms with Crippen molar-refractivity contribution >= 4 is 27.5 Å². The first-order valence-electron chi connectivity index (χ1n) is 6.64. The smallest absolute Gasteiger partial charge is 0.245 e. The second-order valence-corrected chi connectivity index (χ2v) is 6.00. The zero-order chi connectivity index (χ0) is 13.4. The Labute approximate surface area is 120 Å². The molecule has 0 amide bonds. The van der Waals surface area contributed by atoms with Crippen LogP contribution in [0.2, 0.25) is 0 Å². The van der Waals surface area contributed by atoms with Gasteiger partial charge in [-0.25, -0.2) is 4.52 Å². The average Bonchev–Trinajstić information content (AvgIpc) is 3.04. The van der Waals surface area contributed by atoms with Gasteiger partial charge in [-0.3, -0.25) is 0 Å². The zero-order valence-corrected chi connectivity index (χ0v) is 12.5. The van der Waals surface area contributed by atoms with Crippen molar-refractivity contribution in [3.05, 3.63) is 22.8 Å². The molecule has 6 heteroatoms. The molecule has 5 nitrogen and oxygen atoms in total. The van der Waals surface area contributed by atoms with Crippen LogP contribution < -0.4 is 10.6 Å². The van der Waals surface area contributed by atoms with Crippen molar-refractivity contribution in [3.8, 4) is 0 Å². The maximum atomic E-state index is 5.86. The fraction of sp³-hybridized carbons (Fsp3) is 0.538. The van der Waals surface area contributed by atoms with Crippen molar-refractivity contribution in [1.29, 1.82) is 0 Å². The van der Waals surface area contributed by atoms with E-state index in [9.17, 15) is 0 Å². The van der Waals surface area contributed by atoms with E-state index in [1.165, 1.54) is 19.3 Å². The van der Waals surface area contributed by atoms with Gasteiger partial charge in [-0.2, -0.15) is 4.98 Å². The van der Waals surface area contributed by atoms with E-state index >= 15 is 0 Å². The molecule has 1 aliphatic carbocycles. The van der Waals surface area contributed by atoms with Crippen LogP contribution in [0.15, 0.2) is 22.8 Å². The topological polar surface area (TPSA) is 59.5 Å². The molecule has 1 fully saturated rings. The van der Waals surface area contributed by atoms with Crippen LogP contribution in [0.5, 0.6) is 0 Å². The summed E-state index contributed by atoms with van der Waals surface area (Å²) in [7, 11) is 2.07. The summed E-state index contributed by atoms with van der Waals surface area (Å²) < 4.78 is 2.77. The molecular weight excluding hydrogens is 306 g/mol. The maximum Gasteiger partial charge on any atom is 0.245 e. The van der Waals surface area contributed by atoms with Crippen LogP contribution in [-0.4, -0.2) is 34.2 Å². The largest absolute Gasteiger partial charge is 0.339 e. The molecule has 0 saturated heterocycles. The Morgan fingerprint density at radius 1 is 1.53 bits per heavy atom. The Kier molecular flexibility index (Phi) is 3.45. The van der Waals surface area contributed by atoms with Gasteiger partial charge in [0.2, 0.25) is 5.95 Å². The van der Waals surface area contributed by atoms with E-state index in [0.29, 0.717) is 12.0 Å². The number of rotatable bonds is 3. The minimum absolute atomic E-state index is 0.459. The van der Waals surface area contributed by atoms with Crippen molar-refractivity contribution in [1.82, 2.24) is 14.6 Å². The third-order valence-electron chi connectivity index (χ3n) is 4.04. The van der Waals surface area contributed by atoms with Gasteiger partial charge in [0.05, 0.1) is 4.47 Å². The number of nitrogens with zero attached hydrogens (tertiary/aromatic N) is 4. The molecule has 1 saturated carbocycles. The van der Waals surface area contributed by atoms with Gasteiger partial charge >= 0.3 is 0 Å². The van der Waals surface area contributed by atoms with E-state index in [1.807, 2.05) is 22.8 Å². The zero-order valence-electron chi connectivity index (χ0n) is 11.0. The third kappa shape index (κ3) is 2.23. The molecule has 2 heterocycles. The van der Waals surface area contributed by atoms with Gasteiger partial charge in [0.15, 0.2) is 5.65 Å². The lowest BCUT2D eigenvalue weighted by Crippen LogP contribution is -2.38. The summed E-state index contributed by atoms with van der Waals surface area (Å²) in [6, 6.07) is 4.39. The van der Waals surface area contributed by atoms with Crippen LogP contribution in [0.4, 0.5) is 5.95 Å². The van der Waals surface area contributed by atoms with Gasteiger partial charge in [0, 0.05) is 19.3 Å². The molecule has 0 bridgehead atoms. The van der Waals surface area contributed by atoms with E-state index in [2.05, 4.69) is 38.0 Å². The molecule has 1 aliphatic rings. The fourth-order valence-electron chi connectivity index (χ4n) is 2.96. The number of anilines is 1. The molecular formula is C13H18BrN5. The van der Waals surface area contributed by atoms with Crippen LogP contribution in [-0.2, 0) is 0 Å². The molecule has 0 aliphatic heterocycles. The number of fused-ring (bicyclic) bond motifs is 1. The highest BCUT2D eigenvalue weighted by atomic mass is 79.9. The molecule has 0 radical (unpaired) electrons. The summed E-state index contributed by atoms with van der Waals surface area (Å²) in [5, 5.41) is 4.55. The molecule has 19 heavy (non-hydrogen) atoms. The highest BCUT2D eigenvalue weighted by molar-refractivity contribution is 9.10. The fourth-order valence-corrected chi connectivity index (χ4v) is 3.39. The molecule has 102 valence electrons. The standard InChI is InChI=1S/C13H18BrN5/c1-18(11-6-2-4-9(11)8-15)13-16-12-10(14)5-3-7-19(12)17-13/h3,5,7,9,11H,2,4,6,8,15H2,1H3. The van der Waals surface area contributed by atoms with Crippen molar-refractivity contribution in [2.45, 2.75) is 25.3 Å². The van der Waals surface area contributed by atoms with Gasteiger partial charge in [-0.05, 0) is 53.4 Å². The lowest BCUT2D eigenvalue weighted by Gasteiger charge is -2.27. The predicted molar refractivity (Wildman–Crippen MR) is 79.3 cm³/mol. The van der Waals surface area contributed by atoms with Crippen molar-refractivity contribution < 1.29 is 0 Å². The van der Waals surface area contributed by atoms with Crippen LogP contribution in [0.1, 0.15) is 19.3 Å². The van der Waals surface area contributed by atoms with E-state index in [-0.39, 0.29) is 0 Å². The Morgan fingerprint density at radius 2 is 2.37 bits per heavy atom. The van der Waals surface area contributed by atoms with Gasteiger partial charge in [0.25, 0.3) is 0 Å². The maximum absolute atomic E-state index is 5.86. The Morgan fingerprint density at radius 3 is 3.11 bits per heavy atom. The monoisotopic (exact) mass is 323 g/mol. The second-order valence-electron chi connectivity index (χ2n) is 5.14. The number of aromatic nitrogens is 3. The van der Waals surface area contributed by atoms with E-state index < -0.39 is 0 Å². The summed E-state index contributed by atoms with van der Waals surface area (Å²) in [5.41, 5.74) is 6.71. The van der Waals surface area contributed by atoms with Gasteiger partial charge in [-0.15, -0.1) is 5.10 Å². The number of hydrogen-bond acceptors (Lipinski definition) is 4. The molecule has 2 aromatic heterocycles. The van der Waals surface area contributed by atoms with E-state index in [0.717, 1.165) is 22.6 Å². The summed E-state index contributed by atoms with van der Waals surface area (Å²) in [6.45, 7) is 0.742. The van der Waals surface area contributed by atoms with Crippen molar-refractivity contribution in [3.63, 3.8) is 0 Å². The molecule has 2 aromatic rings. The van der Waals surface area contributed by atoms with Gasteiger partial charge in [0.1, 0.15) is 0 Å². The molecule has 2 N–H and O–H groups in total. The summed E-state index contributed by atoms with van der Waals surface area (Å²) >= 11 is 3.51. The summed E-state index contributed by atoms with van der Waals surface area (Å²) in [4.78, 5) is 6.80. The minimum atomic E-state index is 0.459. The average molecular weight is 324 g/mol.